The van der Waals surface area contributed by atoms with Crippen molar-refractivity contribution in [3.8, 4) is 5.75 Å². The van der Waals surface area contributed by atoms with E-state index >= 15 is 0 Å². The first-order valence-corrected chi connectivity index (χ1v) is 12.5. The maximum Gasteiger partial charge on any atom is 0.251 e. The van der Waals surface area contributed by atoms with Gasteiger partial charge in [-0.2, -0.15) is 4.31 Å². The lowest BCUT2D eigenvalue weighted by molar-refractivity contribution is 0.0941. The van der Waals surface area contributed by atoms with Crippen LogP contribution in [-0.2, 0) is 10.0 Å². The molecule has 1 aliphatic heterocycles. The molecule has 0 bridgehead atoms. The van der Waals surface area contributed by atoms with Crippen LogP contribution < -0.4 is 10.1 Å². The number of methoxy groups -OCH3 is 1. The molecule has 0 spiro atoms. The Hall–Kier alpha value is -2.49. The van der Waals surface area contributed by atoms with E-state index in [0.29, 0.717) is 6.54 Å². The van der Waals surface area contributed by atoms with Gasteiger partial charge in [0, 0.05) is 24.7 Å². The number of nitrogens with one attached hydrogen (secondary N) is 1. The largest absolute Gasteiger partial charge is 0.495 e. The van der Waals surface area contributed by atoms with Gasteiger partial charge in [-0.3, -0.25) is 4.79 Å². The predicted octanol–water partition coefficient (Wildman–Crippen LogP) is 3.43. The van der Waals surface area contributed by atoms with Crippen molar-refractivity contribution in [1.82, 2.24) is 14.5 Å². The maximum absolute atomic E-state index is 13.7. The van der Waals surface area contributed by atoms with Crippen LogP contribution in [0.15, 0.2) is 47.4 Å². The zero-order chi connectivity index (χ0) is 24.2. The van der Waals surface area contributed by atoms with Crippen LogP contribution in [0.1, 0.15) is 48.1 Å². The number of ether oxygens (including phenoxy) is 1. The lowest BCUT2D eigenvalue weighted by Crippen LogP contribution is -2.42. The van der Waals surface area contributed by atoms with Gasteiger partial charge in [0.2, 0.25) is 10.0 Å². The number of hydrogen-bond donors (Lipinski definition) is 1. The van der Waals surface area contributed by atoms with Gasteiger partial charge in [-0.15, -0.1) is 0 Å². The summed E-state index contributed by atoms with van der Waals surface area (Å²) in [6.45, 7) is 2.57. The number of hydrogen-bond acceptors (Lipinski definition) is 5. The molecule has 1 N–H and O–H groups in total. The van der Waals surface area contributed by atoms with Gasteiger partial charge in [0.25, 0.3) is 5.91 Å². The van der Waals surface area contributed by atoms with Crippen LogP contribution in [0.2, 0.25) is 0 Å². The van der Waals surface area contributed by atoms with Crippen molar-refractivity contribution in [2.24, 2.45) is 0 Å². The zero-order valence-electron chi connectivity index (χ0n) is 19.5. The molecular formula is C24H32FN3O4S. The van der Waals surface area contributed by atoms with Crippen molar-refractivity contribution < 1.29 is 22.3 Å². The monoisotopic (exact) mass is 477 g/mol. The highest BCUT2D eigenvalue weighted by Crippen LogP contribution is 2.31. The number of halogens is 1. The average Bonchev–Trinajstić information content (AvgIpc) is 2.78. The molecule has 7 nitrogen and oxygen atoms in total. The number of amides is 1. The molecular weight excluding hydrogens is 445 g/mol. The summed E-state index contributed by atoms with van der Waals surface area (Å²) in [5, 5.41) is 2.85. The van der Waals surface area contributed by atoms with Crippen molar-refractivity contribution in [2.45, 2.75) is 43.2 Å². The molecule has 0 aliphatic carbocycles. The molecule has 0 unspecified atom stereocenters. The molecule has 1 fully saturated rings. The fourth-order valence-electron chi connectivity index (χ4n) is 4.18. The van der Waals surface area contributed by atoms with E-state index in [1.54, 1.807) is 18.2 Å². The number of rotatable bonds is 8. The first-order chi connectivity index (χ1) is 15.6. The van der Waals surface area contributed by atoms with Crippen molar-refractivity contribution in [2.75, 3.05) is 34.3 Å². The molecule has 33 heavy (non-hydrogen) atoms. The second-order valence-corrected chi connectivity index (χ2v) is 10.4. The molecule has 3 rings (SSSR count). The zero-order valence-corrected chi connectivity index (χ0v) is 20.4. The fraction of sp³-hybridized carbons (Fsp3) is 0.458. The Morgan fingerprint density at radius 3 is 2.64 bits per heavy atom. The van der Waals surface area contributed by atoms with Crippen LogP contribution in [0.25, 0.3) is 0 Å². The molecule has 0 aromatic heterocycles. The Morgan fingerprint density at radius 2 is 2.00 bits per heavy atom. The lowest BCUT2D eigenvalue weighted by Gasteiger charge is -2.32. The quantitative estimate of drug-likeness (QED) is 0.630. The van der Waals surface area contributed by atoms with E-state index < -0.39 is 15.9 Å². The Bertz CT molecular complexity index is 1090. The van der Waals surface area contributed by atoms with E-state index in [1.165, 1.54) is 35.7 Å². The molecule has 1 aliphatic rings. The van der Waals surface area contributed by atoms with Gasteiger partial charge in [-0.05, 0) is 69.8 Å². The van der Waals surface area contributed by atoms with Gasteiger partial charge in [-0.1, -0.05) is 18.6 Å². The number of carbonyl (C=O) groups is 1. The molecule has 0 saturated carbocycles. The third-order valence-electron chi connectivity index (χ3n) is 6.07. The molecule has 180 valence electrons. The number of sulfonamides is 1. The normalized spacial score (nSPS) is 18.2. The van der Waals surface area contributed by atoms with Crippen molar-refractivity contribution in [3.63, 3.8) is 0 Å². The molecule has 2 aromatic carbocycles. The molecule has 2 aromatic rings. The van der Waals surface area contributed by atoms with Gasteiger partial charge < -0.3 is 15.0 Å². The lowest BCUT2D eigenvalue weighted by atomic mass is 10.1. The third kappa shape index (κ3) is 5.72. The van der Waals surface area contributed by atoms with Gasteiger partial charge in [-0.25, -0.2) is 12.8 Å². The highest BCUT2D eigenvalue weighted by molar-refractivity contribution is 7.89. The molecule has 2 atom stereocenters. The van der Waals surface area contributed by atoms with Gasteiger partial charge in [0.15, 0.2) is 0 Å². The third-order valence-corrected chi connectivity index (χ3v) is 8.10. The van der Waals surface area contributed by atoms with E-state index in [1.807, 2.05) is 25.9 Å². The summed E-state index contributed by atoms with van der Waals surface area (Å²) in [6, 6.07) is 10.3. The van der Waals surface area contributed by atoms with E-state index in [4.69, 9.17) is 4.74 Å². The van der Waals surface area contributed by atoms with E-state index in [2.05, 4.69) is 5.32 Å². The second-order valence-electron chi connectivity index (χ2n) is 8.57. The van der Waals surface area contributed by atoms with Crippen molar-refractivity contribution >= 4 is 15.9 Å². The Balaban J connectivity index is 1.84. The van der Waals surface area contributed by atoms with Crippen molar-refractivity contribution in [3.05, 3.63) is 59.4 Å². The van der Waals surface area contributed by atoms with Crippen LogP contribution in [0.4, 0.5) is 4.39 Å². The molecule has 1 heterocycles. The van der Waals surface area contributed by atoms with Crippen LogP contribution in [0.5, 0.6) is 5.75 Å². The molecule has 1 amide bonds. The van der Waals surface area contributed by atoms with Crippen LogP contribution in [0.3, 0.4) is 0 Å². The topological polar surface area (TPSA) is 79.0 Å². The Morgan fingerprint density at radius 1 is 1.24 bits per heavy atom. The summed E-state index contributed by atoms with van der Waals surface area (Å²) in [7, 11) is 1.28. The SMILES string of the molecule is COc1ccc(C(=O)NC[C@@H](c2cccc(F)c2)N(C)C)cc1S(=O)(=O)N1CCCC[C@H]1C. The number of nitrogens with zero attached hydrogens (tertiary/aromatic N) is 2. The Kier molecular flexibility index (Phi) is 8.10. The summed E-state index contributed by atoms with van der Waals surface area (Å²) < 4.78 is 47.3. The van der Waals surface area contributed by atoms with Crippen LogP contribution in [-0.4, -0.2) is 63.9 Å². The molecule has 0 radical (unpaired) electrons. The van der Waals surface area contributed by atoms with Crippen molar-refractivity contribution in [1.29, 1.82) is 0 Å². The minimum atomic E-state index is -3.82. The number of benzene rings is 2. The summed E-state index contributed by atoms with van der Waals surface area (Å²) in [5.74, 6) is -0.554. The average molecular weight is 478 g/mol. The summed E-state index contributed by atoms with van der Waals surface area (Å²) in [5.41, 5.74) is 0.952. The van der Waals surface area contributed by atoms with Crippen LogP contribution >= 0.6 is 0 Å². The number of likely N-dealkylation sites (N-methyl/N-ethyl adjacent to an activating group) is 1. The van der Waals surface area contributed by atoms with E-state index in [-0.39, 0.29) is 40.7 Å². The highest BCUT2D eigenvalue weighted by atomic mass is 32.2. The molecule has 1 saturated heterocycles. The van der Waals surface area contributed by atoms with E-state index in [9.17, 15) is 17.6 Å². The minimum Gasteiger partial charge on any atom is -0.495 e. The van der Waals surface area contributed by atoms with Crippen LogP contribution in [0, 0.1) is 5.82 Å². The van der Waals surface area contributed by atoms with Gasteiger partial charge in [0.1, 0.15) is 16.5 Å². The maximum atomic E-state index is 13.7. The second kappa shape index (κ2) is 10.6. The smallest absolute Gasteiger partial charge is 0.251 e. The number of piperidine rings is 1. The molecule has 9 heteroatoms. The minimum absolute atomic E-state index is 0.0132. The summed E-state index contributed by atoms with van der Waals surface area (Å²) in [6.07, 6.45) is 2.59. The van der Waals surface area contributed by atoms with Gasteiger partial charge in [0.05, 0.1) is 13.2 Å². The van der Waals surface area contributed by atoms with E-state index in [0.717, 1.165) is 24.8 Å². The van der Waals surface area contributed by atoms with Gasteiger partial charge >= 0.3 is 0 Å². The standard InChI is InChI=1S/C24H32FN3O4S/c1-17-8-5-6-13-28(17)33(30,31)23-15-19(11-12-22(23)32-4)24(29)26-16-21(27(2)3)18-9-7-10-20(25)14-18/h7,9-12,14-15,17,21H,5-6,8,13,16H2,1-4H3,(H,26,29)/t17-,21+/m1/s1. The highest BCUT2D eigenvalue weighted by Gasteiger charge is 2.33. The number of carbonyl (C=O) groups excluding carboxylic acids is 1. The first-order valence-electron chi connectivity index (χ1n) is 11.0. The fourth-order valence-corrected chi connectivity index (χ4v) is 6.06. The summed E-state index contributed by atoms with van der Waals surface area (Å²) in [4.78, 5) is 14.8. The first kappa shape index (κ1) is 25.1. The predicted molar refractivity (Wildman–Crippen MR) is 125 cm³/mol. The summed E-state index contributed by atoms with van der Waals surface area (Å²) >= 11 is 0. The Labute approximate surface area is 195 Å².